The fourth-order valence-corrected chi connectivity index (χ4v) is 4.27. The van der Waals surface area contributed by atoms with Crippen molar-refractivity contribution < 1.29 is 35.8 Å². The first-order valence-electron chi connectivity index (χ1n) is 12.1. The van der Waals surface area contributed by atoms with Gasteiger partial charge < -0.3 is 15.2 Å². The number of terminal acetylenes is 1. The largest absolute Gasteiger partial charge is 0.491 e. The second-order valence-electron chi connectivity index (χ2n) is 9.86. The molecule has 1 heterocycles. The number of nitrogens with one attached hydrogen (secondary N) is 1. The molecule has 0 bridgehead atoms. The van der Waals surface area contributed by atoms with Crippen molar-refractivity contribution in [3.63, 3.8) is 0 Å². The zero-order chi connectivity index (χ0) is 30.2. The minimum Gasteiger partial charge on any atom is -0.491 e. The van der Waals surface area contributed by atoms with Gasteiger partial charge in [0.25, 0.3) is 0 Å². The third-order valence-corrected chi connectivity index (χ3v) is 7.65. The highest BCUT2D eigenvalue weighted by molar-refractivity contribution is 7.88. The number of anilines is 1. The van der Waals surface area contributed by atoms with Crippen molar-refractivity contribution in [1.29, 1.82) is 0 Å². The van der Waals surface area contributed by atoms with Gasteiger partial charge in [-0.25, -0.2) is 31.5 Å². The van der Waals surface area contributed by atoms with Crippen LogP contribution in [-0.2, 0) is 15.9 Å². The van der Waals surface area contributed by atoms with Crippen molar-refractivity contribution in [2.24, 2.45) is 0 Å². The summed E-state index contributed by atoms with van der Waals surface area (Å²) < 4.78 is 90.4. The number of hydrogen-bond donors (Lipinski definition) is 2. The van der Waals surface area contributed by atoms with Crippen molar-refractivity contribution in [3.8, 4) is 18.1 Å². The van der Waals surface area contributed by atoms with Gasteiger partial charge in [0.1, 0.15) is 46.5 Å². The third kappa shape index (κ3) is 6.14. The van der Waals surface area contributed by atoms with Crippen LogP contribution in [0, 0.1) is 30.9 Å². The number of aromatic nitrogens is 2. The minimum atomic E-state index is -3.89. The standard InChI is InChI=1S/C27H30F4N4O4S/c1-8-17-21(39-13-12-35(6)40(7,37)38)14-19-24(23(17)29)33-16(3)34-25(19)32-15(2)18-10-9-11-20(22(18)28)27(30,31)26(4,5)36/h1,9-11,14-15,36H,12-13H2,2-7H3,(H,32,33,34)/t15-/m1/s1. The first kappa shape index (κ1) is 31.1. The normalized spacial score (nSPS) is 13.4. The van der Waals surface area contributed by atoms with Gasteiger partial charge in [0.15, 0.2) is 5.82 Å². The van der Waals surface area contributed by atoms with Crippen molar-refractivity contribution >= 4 is 26.7 Å². The molecule has 0 radical (unpaired) electrons. The van der Waals surface area contributed by atoms with E-state index in [1.54, 1.807) is 0 Å². The summed E-state index contributed by atoms with van der Waals surface area (Å²) in [5, 5.41) is 13.0. The van der Waals surface area contributed by atoms with Gasteiger partial charge in [-0.2, -0.15) is 8.78 Å². The second-order valence-corrected chi connectivity index (χ2v) is 12.0. The number of benzene rings is 2. The summed E-state index contributed by atoms with van der Waals surface area (Å²) in [7, 11) is -2.12. The van der Waals surface area contributed by atoms with Gasteiger partial charge in [0.05, 0.1) is 17.9 Å². The van der Waals surface area contributed by atoms with E-state index >= 15 is 8.78 Å². The predicted octanol–water partition coefficient (Wildman–Crippen LogP) is 4.50. The molecule has 216 valence electrons. The monoisotopic (exact) mass is 582 g/mol. The van der Waals surface area contributed by atoms with Crippen molar-refractivity contribution in [2.45, 2.75) is 45.3 Å². The lowest BCUT2D eigenvalue weighted by Gasteiger charge is -2.30. The first-order chi connectivity index (χ1) is 18.4. The van der Waals surface area contributed by atoms with Crippen LogP contribution in [0.5, 0.6) is 5.75 Å². The zero-order valence-corrected chi connectivity index (χ0v) is 23.6. The number of likely N-dealkylation sites (N-methyl/N-ethyl adjacent to an activating group) is 1. The predicted molar refractivity (Wildman–Crippen MR) is 144 cm³/mol. The third-order valence-electron chi connectivity index (χ3n) is 6.34. The topological polar surface area (TPSA) is 105 Å². The number of sulfonamides is 1. The highest BCUT2D eigenvalue weighted by Crippen LogP contribution is 2.41. The maximum absolute atomic E-state index is 15.5. The molecular weight excluding hydrogens is 552 g/mol. The molecule has 0 saturated heterocycles. The van der Waals surface area contributed by atoms with Crippen molar-refractivity contribution in [2.75, 3.05) is 31.8 Å². The Kier molecular flexibility index (Phi) is 8.69. The van der Waals surface area contributed by atoms with Gasteiger partial charge in [-0.1, -0.05) is 18.1 Å². The van der Waals surface area contributed by atoms with Crippen LogP contribution >= 0.6 is 0 Å². The van der Waals surface area contributed by atoms with E-state index < -0.39 is 44.8 Å². The molecule has 2 N–H and O–H groups in total. The molecule has 3 aromatic rings. The molecule has 2 aromatic carbocycles. The zero-order valence-electron chi connectivity index (χ0n) is 22.8. The van der Waals surface area contributed by atoms with Gasteiger partial charge in [-0.15, -0.1) is 6.42 Å². The summed E-state index contributed by atoms with van der Waals surface area (Å²) >= 11 is 0. The van der Waals surface area contributed by atoms with E-state index in [-0.39, 0.29) is 52.6 Å². The number of alkyl halides is 2. The molecule has 0 aliphatic carbocycles. The summed E-state index contributed by atoms with van der Waals surface area (Å²) in [5.74, 6) is -3.65. The molecule has 0 aliphatic rings. The summed E-state index contributed by atoms with van der Waals surface area (Å²) in [6.07, 6.45) is 6.54. The van der Waals surface area contributed by atoms with Crippen molar-refractivity contribution in [3.05, 3.63) is 58.4 Å². The SMILES string of the molecule is C#Cc1c(OCCN(C)S(C)(=O)=O)cc2c(N[C@H](C)c3cccc(C(F)(F)C(C)(C)O)c3F)nc(C)nc2c1F. The highest BCUT2D eigenvalue weighted by Gasteiger charge is 2.49. The van der Waals surface area contributed by atoms with E-state index in [2.05, 4.69) is 21.2 Å². The lowest BCUT2D eigenvalue weighted by molar-refractivity contribution is -0.170. The van der Waals surface area contributed by atoms with E-state index in [0.717, 1.165) is 30.5 Å². The number of halogens is 4. The molecule has 1 atom stereocenters. The quantitative estimate of drug-likeness (QED) is 0.268. The Balaban J connectivity index is 2.05. The summed E-state index contributed by atoms with van der Waals surface area (Å²) in [6, 6.07) is 3.87. The molecule has 40 heavy (non-hydrogen) atoms. The Morgan fingerprint density at radius 1 is 1.23 bits per heavy atom. The van der Waals surface area contributed by atoms with Crippen LogP contribution in [0.3, 0.4) is 0 Å². The van der Waals surface area contributed by atoms with Gasteiger partial charge >= 0.3 is 5.92 Å². The molecule has 13 heteroatoms. The number of nitrogens with zero attached hydrogens (tertiary/aromatic N) is 3. The molecule has 0 fully saturated rings. The first-order valence-corrected chi connectivity index (χ1v) is 13.9. The van der Waals surface area contributed by atoms with Gasteiger partial charge in [0.2, 0.25) is 10.0 Å². The number of aryl methyl sites for hydroxylation is 1. The minimum absolute atomic E-state index is 0.0417. The number of aliphatic hydroxyl groups is 1. The Morgan fingerprint density at radius 3 is 2.45 bits per heavy atom. The van der Waals surface area contributed by atoms with Crippen LogP contribution in [0.2, 0.25) is 0 Å². The van der Waals surface area contributed by atoms with Gasteiger partial charge in [-0.3, -0.25) is 0 Å². The maximum atomic E-state index is 15.5. The van der Waals surface area contributed by atoms with E-state index in [9.17, 15) is 22.3 Å². The molecule has 0 saturated carbocycles. The lowest BCUT2D eigenvalue weighted by atomic mass is 9.91. The Labute approximate surface area is 230 Å². The number of rotatable bonds is 10. The van der Waals surface area contributed by atoms with Crippen LogP contribution < -0.4 is 10.1 Å². The summed E-state index contributed by atoms with van der Waals surface area (Å²) in [5.41, 5.74) is -4.04. The lowest BCUT2D eigenvalue weighted by Crippen LogP contribution is -2.41. The van der Waals surface area contributed by atoms with E-state index in [1.807, 2.05) is 0 Å². The second kappa shape index (κ2) is 11.2. The van der Waals surface area contributed by atoms with Gasteiger partial charge in [-0.05, 0) is 39.8 Å². The number of fused-ring (bicyclic) bond motifs is 1. The Hall–Kier alpha value is -3.47. The van der Waals surface area contributed by atoms with E-state index in [0.29, 0.717) is 0 Å². The molecule has 0 aliphatic heterocycles. The number of ether oxygens (including phenoxy) is 1. The van der Waals surface area contributed by atoms with E-state index in [4.69, 9.17) is 11.2 Å². The fourth-order valence-electron chi connectivity index (χ4n) is 3.86. The van der Waals surface area contributed by atoms with Crippen LogP contribution in [0.25, 0.3) is 10.9 Å². The summed E-state index contributed by atoms with van der Waals surface area (Å²) in [4.78, 5) is 8.42. The highest BCUT2D eigenvalue weighted by atomic mass is 32.2. The van der Waals surface area contributed by atoms with Crippen LogP contribution in [0.15, 0.2) is 24.3 Å². The molecule has 8 nitrogen and oxygen atoms in total. The number of hydrogen-bond acceptors (Lipinski definition) is 7. The summed E-state index contributed by atoms with van der Waals surface area (Å²) in [6.45, 7) is 4.57. The molecule has 3 rings (SSSR count). The molecular formula is C27H30F4N4O4S. The molecule has 0 spiro atoms. The Morgan fingerprint density at radius 2 is 1.88 bits per heavy atom. The fraction of sp³-hybridized carbons (Fsp3) is 0.407. The van der Waals surface area contributed by atoms with Crippen LogP contribution in [0.1, 0.15) is 49.3 Å². The van der Waals surface area contributed by atoms with Crippen molar-refractivity contribution in [1.82, 2.24) is 14.3 Å². The molecule has 0 unspecified atom stereocenters. The smallest absolute Gasteiger partial charge is 0.303 e. The molecule has 1 aromatic heterocycles. The van der Waals surface area contributed by atoms with Crippen LogP contribution in [-0.4, -0.2) is 59.9 Å². The molecule has 0 amide bonds. The van der Waals surface area contributed by atoms with E-state index in [1.165, 1.54) is 39.1 Å². The Bertz CT molecular complexity index is 1580. The average Bonchev–Trinajstić information content (AvgIpc) is 2.83. The van der Waals surface area contributed by atoms with Gasteiger partial charge in [0, 0.05) is 24.5 Å². The maximum Gasteiger partial charge on any atom is 0.303 e. The van der Waals surface area contributed by atoms with Crippen LogP contribution in [0.4, 0.5) is 23.4 Å². The average molecular weight is 583 g/mol.